The van der Waals surface area contributed by atoms with Gasteiger partial charge in [0.2, 0.25) is 5.91 Å². The maximum absolute atomic E-state index is 11.7. The van der Waals surface area contributed by atoms with Crippen LogP contribution in [0, 0.1) is 0 Å². The second-order valence-electron chi connectivity index (χ2n) is 6.29. The number of ether oxygens (including phenoxy) is 2. The highest BCUT2D eigenvalue weighted by Gasteiger charge is 2.44. The lowest BCUT2D eigenvalue weighted by Crippen LogP contribution is -2.64. The molecule has 1 rings (SSSR count). The Balaban J connectivity index is 2.21. The smallest absolute Gasteiger partial charge is 0.348 e. The van der Waals surface area contributed by atoms with E-state index in [1.165, 1.54) is 6.92 Å². The lowest BCUT2D eigenvalue weighted by molar-refractivity contribution is -0.255. The summed E-state index contributed by atoms with van der Waals surface area (Å²) in [6, 6.07) is -1.18. The zero-order valence-electron chi connectivity index (χ0n) is 15.7. The van der Waals surface area contributed by atoms with Crippen LogP contribution < -0.4 is 10.8 Å². The Kier molecular flexibility index (Phi) is 10.6. The quantitative estimate of drug-likeness (QED) is 0.116. The molecule has 11 nitrogen and oxygen atoms in total. The van der Waals surface area contributed by atoms with Crippen LogP contribution in [-0.4, -0.2) is 77.0 Å². The predicted octanol–water partition coefficient (Wildman–Crippen LogP) is -1.73. The van der Waals surface area contributed by atoms with E-state index in [0.717, 1.165) is 6.08 Å². The van der Waals surface area contributed by atoms with E-state index < -0.39 is 48.5 Å². The van der Waals surface area contributed by atoms with E-state index in [-0.39, 0.29) is 13.0 Å². The van der Waals surface area contributed by atoms with Gasteiger partial charge >= 0.3 is 11.9 Å². The van der Waals surface area contributed by atoms with Crippen molar-refractivity contribution in [3.05, 3.63) is 12.7 Å². The van der Waals surface area contributed by atoms with Crippen LogP contribution in [0.5, 0.6) is 0 Å². The first kappa shape index (κ1) is 24.0. The number of carbonyl (C=O) groups is 3. The Morgan fingerprint density at radius 1 is 1.14 bits per heavy atom. The Bertz CT molecular complexity index is 543. The minimum atomic E-state index is -1.55. The normalized spacial score (nSPS) is 26.9. The highest BCUT2D eigenvalue weighted by atomic mass is 16.7. The number of aliphatic hydroxyl groups is 3. The summed E-state index contributed by atoms with van der Waals surface area (Å²) in [5.41, 5.74) is 2.47. The molecule has 1 aliphatic rings. The van der Waals surface area contributed by atoms with Crippen molar-refractivity contribution in [2.45, 2.75) is 63.3 Å². The first-order valence-electron chi connectivity index (χ1n) is 8.94. The topological polar surface area (TPSA) is 164 Å². The molecule has 11 heteroatoms. The maximum Gasteiger partial charge on any atom is 0.348 e. The zero-order valence-corrected chi connectivity index (χ0v) is 15.7. The van der Waals surface area contributed by atoms with Gasteiger partial charge in [-0.05, 0) is 12.8 Å². The van der Waals surface area contributed by atoms with Crippen molar-refractivity contribution in [3.8, 4) is 0 Å². The van der Waals surface area contributed by atoms with Crippen molar-refractivity contribution < 1.29 is 44.0 Å². The fourth-order valence-corrected chi connectivity index (χ4v) is 2.53. The summed E-state index contributed by atoms with van der Waals surface area (Å²) < 4.78 is 10.1. The standard InChI is InChI=1S/C17H28N2O9/c1-3-12(21)28-18-8-6-4-5-7-13(22)26-9-11-15(23)16(24)14(17(25)27-11)19-10(2)20/h3,11,14-18,23-25H,1,4-9H2,2H3,(H,19,20)/t11-,14-,15-,16-,17?/m1/s1. The molecular weight excluding hydrogens is 376 g/mol. The van der Waals surface area contributed by atoms with Crippen molar-refractivity contribution in [1.82, 2.24) is 10.8 Å². The number of aliphatic hydroxyl groups excluding tert-OH is 3. The third-order valence-electron chi connectivity index (χ3n) is 4.00. The molecule has 0 saturated carbocycles. The number of hydrogen-bond acceptors (Lipinski definition) is 10. The van der Waals surface area contributed by atoms with Gasteiger partial charge in [0.05, 0.1) is 0 Å². The number of hydrogen-bond donors (Lipinski definition) is 5. The molecule has 0 aromatic rings. The molecule has 160 valence electrons. The maximum atomic E-state index is 11.7. The number of carbonyl (C=O) groups excluding carboxylic acids is 3. The number of esters is 1. The lowest BCUT2D eigenvalue weighted by atomic mass is 9.97. The number of nitrogens with one attached hydrogen (secondary N) is 2. The Hall–Kier alpha value is -2.05. The fraction of sp³-hybridized carbons (Fsp3) is 0.706. The van der Waals surface area contributed by atoms with E-state index in [1.54, 1.807) is 0 Å². The molecule has 0 spiro atoms. The van der Waals surface area contributed by atoms with Crippen LogP contribution in [0.2, 0.25) is 0 Å². The van der Waals surface area contributed by atoms with Crippen molar-refractivity contribution in [3.63, 3.8) is 0 Å². The molecule has 0 aromatic heterocycles. The Labute approximate surface area is 162 Å². The molecule has 1 heterocycles. The van der Waals surface area contributed by atoms with Gasteiger partial charge in [-0.15, -0.1) is 0 Å². The number of rotatable bonds is 11. The van der Waals surface area contributed by atoms with Gasteiger partial charge in [0.15, 0.2) is 6.29 Å². The average molecular weight is 404 g/mol. The van der Waals surface area contributed by atoms with Gasteiger partial charge in [0.1, 0.15) is 31.0 Å². The third kappa shape index (κ3) is 8.31. The van der Waals surface area contributed by atoms with Crippen LogP contribution >= 0.6 is 0 Å². The molecule has 1 unspecified atom stereocenters. The van der Waals surface area contributed by atoms with Crippen molar-refractivity contribution in [1.29, 1.82) is 0 Å². The first-order valence-corrected chi connectivity index (χ1v) is 8.94. The van der Waals surface area contributed by atoms with Crippen molar-refractivity contribution >= 4 is 17.8 Å². The summed E-state index contributed by atoms with van der Waals surface area (Å²) in [7, 11) is 0. The second kappa shape index (κ2) is 12.4. The molecule has 28 heavy (non-hydrogen) atoms. The van der Waals surface area contributed by atoms with Crippen molar-refractivity contribution in [2.24, 2.45) is 0 Å². The second-order valence-corrected chi connectivity index (χ2v) is 6.29. The third-order valence-corrected chi connectivity index (χ3v) is 4.00. The molecule has 0 aromatic carbocycles. The summed E-state index contributed by atoms with van der Waals surface area (Å²) in [4.78, 5) is 38.2. The molecule has 0 aliphatic carbocycles. The van der Waals surface area contributed by atoms with Crippen LogP contribution in [0.1, 0.15) is 32.6 Å². The van der Waals surface area contributed by atoms with Gasteiger partial charge in [-0.2, -0.15) is 5.48 Å². The van der Waals surface area contributed by atoms with Gasteiger partial charge < -0.3 is 34.9 Å². The van der Waals surface area contributed by atoms with E-state index in [9.17, 15) is 29.7 Å². The summed E-state index contributed by atoms with van der Waals surface area (Å²) >= 11 is 0. The van der Waals surface area contributed by atoms with Gasteiger partial charge in [-0.1, -0.05) is 13.0 Å². The molecule has 1 saturated heterocycles. The first-order chi connectivity index (χ1) is 13.3. The van der Waals surface area contributed by atoms with Crippen LogP contribution in [0.3, 0.4) is 0 Å². The van der Waals surface area contributed by atoms with Crippen LogP contribution in [-0.2, 0) is 28.7 Å². The number of amides is 1. The van der Waals surface area contributed by atoms with E-state index in [2.05, 4.69) is 22.2 Å². The summed E-state index contributed by atoms with van der Waals surface area (Å²) in [6.45, 7) is 4.54. The Morgan fingerprint density at radius 2 is 1.86 bits per heavy atom. The highest BCUT2D eigenvalue weighted by molar-refractivity contribution is 5.80. The van der Waals surface area contributed by atoms with E-state index in [4.69, 9.17) is 9.47 Å². The molecule has 1 amide bonds. The fourth-order valence-electron chi connectivity index (χ4n) is 2.53. The lowest BCUT2D eigenvalue weighted by Gasteiger charge is -2.40. The average Bonchev–Trinajstić information content (AvgIpc) is 2.65. The number of hydroxylamine groups is 1. The predicted molar refractivity (Wildman–Crippen MR) is 94.2 cm³/mol. The highest BCUT2D eigenvalue weighted by Crippen LogP contribution is 2.20. The van der Waals surface area contributed by atoms with Gasteiger partial charge in [-0.3, -0.25) is 9.59 Å². The molecule has 1 fully saturated rings. The van der Waals surface area contributed by atoms with Gasteiger partial charge in [-0.25, -0.2) is 4.79 Å². The monoisotopic (exact) mass is 404 g/mol. The molecule has 5 N–H and O–H groups in total. The van der Waals surface area contributed by atoms with Crippen LogP contribution in [0.4, 0.5) is 0 Å². The molecule has 5 atom stereocenters. The Morgan fingerprint density at radius 3 is 2.50 bits per heavy atom. The van der Waals surface area contributed by atoms with Crippen molar-refractivity contribution in [2.75, 3.05) is 13.2 Å². The van der Waals surface area contributed by atoms with Gasteiger partial charge in [0.25, 0.3) is 0 Å². The summed E-state index contributed by atoms with van der Waals surface area (Å²) in [5, 5.41) is 32.2. The van der Waals surface area contributed by atoms with E-state index in [0.29, 0.717) is 25.8 Å². The molecule has 1 aliphatic heterocycles. The SMILES string of the molecule is C=CC(=O)ONCCCCCC(=O)OC[C@H]1OC(O)[C@H](NC(C)=O)[C@@H](O)[C@@H]1O. The minimum absolute atomic E-state index is 0.134. The summed E-state index contributed by atoms with van der Waals surface area (Å²) in [6.07, 6.45) is -2.52. The van der Waals surface area contributed by atoms with E-state index >= 15 is 0 Å². The van der Waals surface area contributed by atoms with Gasteiger partial charge in [0, 0.05) is 26.0 Å². The molecular formula is C17H28N2O9. The molecule has 0 radical (unpaired) electrons. The van der Waals surface area contributed by atoms with Crippen LogP contribution in [0.15, 0.2) is 12.7 Å². The van der Waals surface area contributed by atoms with E-state index in [1.807, 2.05) is 0 Å². The number of unbranched alkanes of at least 4 members (excludes halogenated alkanes) is 2. The minimum Gasteiger partial charge on any atom is -0.463 e. The zero-order chi connectivity index (χ0) is 21.1. The summed E-state index contributed by atoms with van der Waals surface area (Å²) in [5.74, 6) is -1.60. The molecule has 0 bridgehead atoms. The largest absolute Gasteiger partial charge is 0.463 e. The van der Waals surface area contributed by atoms with Crippen LogP contribution in [0.25, 0.3) is 0 Å².